The zero-order valence-electron chi connectivity index (χ0n) is 9.10. The highest BCUT2D eigenvalue weighted by molar-refractivity contribution is 8.01. The van der Waals surface area contributed by atoms with Gasteiger partial charge in [-0.1, -0.05) is 11.6 Å². The SMILES string of the molecule is C[C@H](SCC(=O)Nc1ccc(Cl)cc1)C(=O)[O-]. The van der Waals surface area contributed by atoms with Gasteiger partial charge in [0.1, 0.15) is 0 Å². The number of hydrogen-bond donors (Lipinski definition) is 1. The smallest absolute Gasteiger partial charge is 0.234 e. The van der Waals surface area contributed by atoms with Crippen LogP contribution in [0.1, 0.15) is 6.92 Å². The second-order valence-electron chi connectivity index (χ2n) is 3.33. The molecule has 1 aromatic rings. The fourth-order valence-electron chi connectivity index (χ4n) is 0.999. The van der Waals surface area contributed by atoms with Crippen LogP contribution in [0.3, 0.4) is 0 Å². The third kappa shape index (κ3) is 5.10. The van der Waals surface area contributed by atoms with Gasteiger partial charge in [0.15, 0.2) is 0 Å². The molecule has 92 valence electrons. The molecule has 0 fully saturated rings. The number of rotatable bonds is 5. The number of hydrogen-bond acceptors (Lipinski definition) is 4. The fourth-order valence-corrected chi connectivity index (χ4v) is 1.73. The van der Waals surface area contributed by atoms with Gasteiger partial charge >= 0.3 is 0 Å². The van der Waals surface area contributed by atoms with Crippen molar-refractivity contribution in [3.63, 3.8) is 0 Å². The van der Waals surface area contributed by atoms with Gasteiger partial charge in [-0.2, -0.15) is 0 Å². The van der Waals surface area contributed by atoms with Gasteiger partial charge in [-0.15, -0.1) is 11.8 Å². The molecule has 4 nitrogen and oxygen atoms in total. The lowest BCUT2D eigenvalue weighted by atomic mass is 10.3. The molecule has 1 atom stereocenters. The van der Waals surface area contributed by atoms with Crippen molar-refractivity contribution in [1.82, 2.24) is 0 Å². The number of nitrogens with one attached hydrogen (secondary N) is 1. The molecule has 17 heavy (non-hydrogen) atoms. The maximum atomic E-state index is 11.4. The summed E-state index contributed by atoms with van der Waals surface area (Å²) < 4.78 is 0. The minimum atomic E-state index is -1.17. The van der Waals surface area contributed by atoms with Crippen LogP contribution in [-0.4, -0.2) is 22.9 Å². The average molecular weight is 273 g/mol. The Morgan fingerprint density at radius 1 is 1.41 bits per heavy atom. The predicted molar refractivity (Wildman–Crippen MR) is 67.0 cm³/mol. The molecule has 0 aliphatic heterocycles. The van der Waals surface area contributed by atoms with Crippen LogP contribution in [0.25, 0.3) is 0 Å². The van der Waals surface area contributed by atoms with Crippen molar-refractivity contribution in [2.24, 2.45) is 0 Å². The van der Waals surface area contributed by atoms with E-state index in [1.807, 2.05) is 0 Å². The molecule has 0 bridgehead atoms. The van der Waals surface area contributed by atoms with E-state index in [0.717, 1.165) is 11.8 Å². The topological polar surface area (TPSA) is 69.2 Å². The van der Waals surface area contributed by atoms with Crippen LogP contribution in [0.2, 0.25) is 5.02 Å². The lowest BCUT2D eigenvalue weighted by Gasteiger charge is -2.11. The lowest BCUT2D eigenvalue weighted by Crippen LogP contribution is -2.32. The summed E-state index contributed by atoms with van der Waals surface area (Å²) >= 11 is 6.71. The van der Waals surface area contributed by atoms with Crippen molar-refractivity contribution in [2.45, 2.75) is 12.2 Å². The molecule has 0 heterocycles. The Hall–Kier alpha value is -1.20. The Bertz CT molecular complexity index is 408. The number of halogens is 1. The zero-order chi connectivity index (χ0) is 12.8. The highest BCUT2D eigenvalue weighted by atomic mass is 35.5. The first kappa shape index (κ1) is 13.9. The van der Waals surface area contributed by atoms with E-state index in [-0.39, 0.29) is 11.7 Å². The van der Waals surface area contributed by atoms with E-state index in [4.69, 9.17) is 11.6 Å². The molecule has 1 N–H and O–H groups in total. The summed E-state index contributed by atoms with van der Waals surface area (Å²) in [5, 5.41) is 12.9. The van der Waals surface area contributed by atoms with Crippen molar-refractivity contribution in [1.29, 1.82) is 0 Å². The first-order valence-electron chi connectivity index (χ1n) is 4.87. The van der Waals surface area contributed by atoms with Crippen LogP contribution in [0, 0.1) is 0 Å². The largest absolute Gasteiger partial charge is 0.549 e. The summed E-state index contributed by atoms with van der Waals surface area (Å²) in [6.45, 7) is 1.48. The van der Waals surface area contributed by atoms with Gasteiger partial charge in [0.05, 0.1) is 11.7 Å². The van der Waals surface area contributed by atoms with Crippen LogP contribution in [0.5, 0.6) is 0 Å². The number of aliphatic carboxylic acids is 1. The Balaban J connectivity index is 2.39. The van der Waals surface area contributed by atoms with E-state index in [2.05, 4.69) is 5.32 Å². The molecule has 0 unspecified atom stereocenters. The molecule has 1 aromatic carbocycles. The summed E-state index contributed by atoms with van der Waals surface area (Å²) in [7, 11) is 0. The second kappa shape index (κ2) is 6.51. The number of benzene rings is 1. The summed E-state index contributed by atoms with van der Waals surface area (Å²) in [4.78, 5) is 21.9. The molecular formula is C11H11ClNO3S-. The first-order valence-corrected chi connectivity index (χ1v) is 6.29. The average Bonchev–Trinajstić information content (AvgIpc) is 2.29. The Kier molecular flexibility index (Phi) is 5.31. The maximum absolute atomic E-state index is 11.4. The quantitative estimate of drug-likeness (QED) is 0.873. The third-order valence-corrected chi connectivity index (χ3v) is 3.30. The number of thioether (sulfide) groups is 1. The second-order valence-corrected chi connectivity index (χ2v) is 5.09. The molecule has 1 rings (SSSR count). The van der Waals surface area contributed by atoms with E-state index in [1.54, 1.807) is 24.3 Å². The van der Waals surface area contributed by atoms with Crippen LogP contribution in [-0.2, 0) is 9.59 Å². The molecule has 0 spiro atoms. The van der Waals surface area contributed by atoms with Crippen molar-refractivity contribution in [2.75, 3.05) is 11.1 Å². The number of carbonyl (C=O) groups is 2. The normalized spacial score (nSPS) is 11.9. The van der Waals surface area contributed by atoms with E-state index < -0.39 is 11.2 Å². The Labute approximate surface area is 108 Å². The van der Waals surface area contributed by atoms with Crippen molar-refractivity contribution in [3.05, 3.63) is 29.3 Å². The lowest BCUT2D eigenvalue weighted by molar-refractivity contribution is -0.304. The monoisotopic (exact) mass is 272 g/mol. The van der Waals surface area contributed by atoms with Crippen LogP contribution in [0.15, 0.2) is 24.3 Å². The molecule has 0 saturated heterocycles. The number of carboxylic acids is 1. The van der Waals surface area contributed by atoms with Gasteiger partial charge < -0.3 is 15.2 Å². The highest BCUT2D eigenvalue weighted by Crippen LogP contribution is 2.14. The van der Waals surface area contributed by atoms with Gasteiger partial charge in [0.2, 0.25) is 5.91 Å². The van der Waals surface area contributed by atoms with E-state index >= 15 is 0 Å². The molecule has 0 aromatic heterocycles. The minimum Gasteiger partial charge on any atom is -0.549 e. The predicted octanol–water partition coefficient (Wildman–Crippen LogP) is 1.15. The summed E-state index contributed by atoms with van der Waals surface area (Å²) in [6.07, 6.45) is 0. The number of amides is 1. The minimum absolute atomic E-state index is 0.0672. The zero-order valence-corrected chi connectivity index (χ0v) is 10.7. The standard InChI is InChI=1S/C11H12ClNO3S/c1-7(11(15)16)17-6-10(14)13-9-4-2-8(12)3-5-9/h2-5,7H,6H2,1H3,(H,13,14)(H,15,16)/p-1/t7-/m0/s1. The molecule has 0 aliphatic rings. The summed E-state index contributed by atoms with van der Waals surface area (Å²) in [5.41, 5.74) is 0.626. The van der Waals surface area contributed by atoms with E-state index in [9.17, 15) is 14.7 Å². The third-order valence-electron chi connectivity index (χ3n) is 1.92. The number of carboxylic acid groups (broad SMARTS) is 1. The number of anilines is 1. The maximum Gasteiger partial charge on any atom is 0.234 e. The number of carbonyl (C=O) groups excluding carboxylic acids is 2. The van der Waals surface area contributed by atoms with Gasteiger partial charge in [0, 0.05) is 16.0 Å². The van der Waals surface area contributed by atoms with Gasteiger partial charge in [-0.05, 0) is 31.2 Å². The summed E-state index contributed by atoms with van der Waals surface area (Å²) in [5.74, 6) is -1.36. The molecule has 0 radical (unpaired) electrons. The fraction of sp³-hybridized carbons (Fsp3) is 0.273. The van der Waals surface area contributed by atoms with E-state index in [0.29, 0.717) is 10.7 Å². The molecular weight excluding hydrogens is 262 g/mol. The van der Waals surface area contributed by atoms with Crippen LogP contribution < -0.4 is 10.4 Å². The van der Waals surface area contributed by atoms with Crippen LogP contribution in [0.4, 0.5) is 5.69 Å². The Morgan fingerprint density at radius 2 is 2.00 bits per heavy atom. The van der Waals surface area contributed by atoms with Crippen molar-refractivity contribution < 1.29 is 14.7 Å². The first-order chi connectivity index (χ1) is 7.99. The highest BCUT2D eigenvalue weighted by Gasteiger charge is 2.07. The van der Waals surface area contributed by atoms with E-state index in [1.165, 1.54) is 6.92 Å². The molecule has 6 heteroatoms. The molecule has 1 amide bonds. The molecule has 0 aliphatic carbocycles. The molecule has 0 saturated carbocycles. The van der Waals surface area contributed by atoms with Crippen molar-refractivity contribution >= 4 is 40.9 Å². The van der Waals surface area contributed by atoms with Gasteiger partial charge in [-0.25, -0.2) is 0 Å². The van der Waals surface area contributed by atoms with Gasteiger partial charge in [-0.3, -0.25) is 4.79 Å². The van der Waals surface area contributed by atoms with Gasteiger partial charge in [0.25, 0.3) is 0 Å². The van der Waals surface area contributed by atoms with Crippen molar-refractivity contribution in [3.8, 4) is 0 Å². The Morgan fingerprint density at radius 3 is 2.53 bits per heavy atom. The summed E-state index contributed by atoms with van der Waals surface area (Å²) in [6, 6.07) is 6.67. The van der Waals surface area contributed by atoms with Crippen LogP contribution >= 0.6 is 23.4 Å².